The lowest BCUT2D eigenvalue weighted by Crippen LogP contribution is -2.34. The molecule has 0 saturated carbocycles. The highest BCUT2D eigenvalue weighted by Crippen LogP contribution is 2.49. The molecule has 2 unspecified atom stereocenters. The molecule has 0 radical (unpaired) electrons. The number of nitrogens with one attached hydrogen (secondary N) is 1. The third-order valence-corrected chi connectivity index (χ3v) is 5.72. The Labute approximate surface area is 73.5 Å². The maximum atomic E-state index is 11.4. The van der Waals surface area contributed by atoms with Gasteiger partial charge in [0.25, 0.3) is 0 Å². The van der Waals surface area contributed by atoms with Crippen LogP contribution in [0.5, 0.6) is 0 Å². The van der Waals surface area contributed by atoms with Gasteiger partial charge in [0.1, 0.15) is 0 Å². The zero-order valence-corrected chi connectivity index (χ0v) is 8.37. The SMILES string of the molecule is CC12CNCC1(C)CS(=O)(=O)C2. The molecule has 3 nitrogen and oxygen atoms in total. The van der Waals surface area contributed by atoms with Gasteiger partial charge < -0.3 is 5.32 Å². The summed E-state index contributed by atoms with van der Waals surface area (Å²) in [6.07, 6.45) is 0. The summed E-state index contributed by atoms with van der Waals surface area (Å²) in [5.41, 5.74) is -0.0440. The van der Waals surface area contributed by atoms with E-state index in [9.17, 15) is 8.42 Å². The quantitative estimate of drug-likeness (QED) is 0.585. The predicted molar refractivity (Wildman–Crippen MR) is 47.7 cm³/mol. The van der Waals surface area contributed by atoms with Gasteiger partial charge in [0.05, 0.1) is 11.5 Å². The molecular weight excluding hydrogens is 174 g/mol. The van der Waals surface area contributed by atoms with E-state index < -0.39 is 9.84 Å². The van der Waals surface area contributed by atoms with Crippen molar-refractivity contribution in [3.05, 3.63) is 0 Å². The Bertz CT molecular complexity index is 287. The van der Waals surface area contributed by atoms with E-state index in [0.29, 0.717) is 11.5 Å². The van der Waals surface area contributed by atoms with Gasteiger partial charge in [-0.3, -0.25) is 0 Å². The molecule has 0 bridgehead atoms. The first-order valence-corrected chi connectivity index (χ1v) is 6.10. The Morgan fingerprint density at radius 3 is 1.92 bits per heavy atom. The van der Waals surface area contributed by atoms with E-state index in [2.05, 4.69) is 19.2 Å². The van der Waals surface area contributed by atoms with E-state index in [1.165, 1.54) is 0 Å². The summed E-state index contributed by atoms with van der Waals surface area (Å²) in [6, 6.07) is 0. The van der Waals surface area contributed by atoms with Gasteiger partial charge in [-0.2, -0.15) is 0 Å². The molecule has 0 aromatic carbocycles. The smallest absolute Gasteiger partial charge is 0.151 e. The number of hydrogen-bond donors (Lipinski definition) is 1. The summed E-state index contributed by atoms with van der Waals surface area (Å²) < 4.78 is 22.9. The minimum atomic E-state index is -2.76. The van der Waals surface area contributed by atoms with Gasteiger partial charge in [0.15, 0.2) is 9.84 Å². The predicted octanol–water partition coefficient (Wildman–Crippen LogP) is 0.0306. The van der Waals surface area contributed by atoms with Crippen LogP contribution in [0.2, 0.25) is 0 Å². The summed E-state index contributed by atoms with van der Waals surface area (Å²) >= 11 is 0. The van der Waals surface area contributed by atoms with Crippen LogP contribution in [0.15, 0.2) is 0 Å². The van der Waals surface area contributed by atoms with Gasteiger partial charge in [-0.1, -0.05) is 13.8 Å². The molecule has 2 fully saturated rings. The molecule has 2 saturated heterocycles. The zero-order valence-electron chi connectivity index (χ0n) is 7.55. The number of sulfone groups is 1. The normalized spacial score (nSPS) is 50.8. The van der Waals surface area contributed by atoms with Crippen LogP contribution >= 0.6 is 0 Å². The van der Waals surface area contributed by atoms with Gasteiger partial charge in [-0.25, -0.2) is 8.42 Å². The summed E-state index contributed by atoms with van der Waals surface area (Å²) in [4.78, 5) is 0. The van der Waals surface area contributed by atoms with Crippen molar-refractivity contribution in [2.45, 2.75) is 13.8 Å². The first-order valence-electron chi connectivity index (χ1n) is 4.28. The van der Waals surface area contributed by atoms with Crippen molar-refractivity contribution in [2.24, 2.45) is 10.8 Å². The largest absolute Gasteiger partial charge is 0.316 e. The molecule has 2 aliphatic rings. The molecular formula is C8H15NO2S. The second-order valence-electron chi connectivity index (χ2n) is 4.76. The molecule has 12 heavy (non-hydrogen) atoms. The summed E-state index contributed by atoms with van der Waals surface area (Å²) in [5, 5.41) is 3.28. The Balaban J connectivity index is 2.44. The van der Waals surface area contributed by atoms with Crippen LogP contribution < -0.4 is 5.32 Å². The Kier molecular flexibility index (Phi) is 1.45. The molecule has 2 atom stereocenters. The number of rotatable bonds is 0. The highest BCUT2D eigenvalue weighted by molar-refractivity contribution is 7.91. The molecule has 70 valence electrons. The lowest BCUT2D eigenvalue weighted by atomic mass is 9.71. The zero-order chi connectivity index (χ0) is 9.04. The second-order valence-corrected chi connectivity index (χ2v) is 6.82. The van der Waals surface area contributed by atoms with Gasteiger partial charge in [0, 0.05) is 23.9 Å². The van der Waals surface area contributed by atoms with E-state index in [0.717, 1.165) is 13.1 Å². The van der Waals surface area contributed by atoms with Crippen molar-refractivity contribution < 1.29 is 8.42 Å². The van der Waals surface area contributed by atoms with Gasteiger partial charge in [-0.15, -0.1) is 0 Å². The monoisotopic (exact) mass is 189 g/mol. The molecule has 0 aromatic heterocycles. The average Bonchev–Trinajstić information content (AvgIpc) is 2.11. The Morgan fingerprint density at radius 2 is 1.50 bits per heavy atom. The topological polar surface area (TPSA) is 46.2 Å². The van der Waals surface area contributed by atoms with E-state index in [1.807, 2.05) is 0 Å². The van der Waals surface area contributed by atoms with Crippen LogP contribution in [0.25, 0.3) is 0 Å². The molecule has 2 heterocycles. The Morgan fingerprint density at radius 1 is 1.08 bits per heavy atom. The van der Waals surface area contributed by atoms with Crippen LogP contribution in [0, 0.1) is 10.8 Å². The summed E-state index contributed by atoms with van der Waals surface area (Å²) in [5.74, 6) is 0.729. The summed E-state index contributed by atoms with van der Waals surface area (Å²) in [7, 11) is -2.76. The second kappa shape index (κ2) is 2.04. The molecule has 1 N–H and O–H groups in total. The molecule has 0 aliphatic carbocycles. The lowest BCUT2D eigenvalue weighted by Gasteiger charge is -2.30. The minimum Gasteiger partial charge on any atom is -0.316 e. The van der Waals surface area contributed by atoms with Crippen LogP contribution in [-0.4, -0.2) is 33.0 Å². The third-order valence-electron chi connectivity index (χ3n) is 3.56. The molecule has 0 spiro atoms. The highest BCUT2D eigenvalue weighted by atomic mass is 32.2. The molecule has 0 amide bonds. The number of hydrogen-bond acceptors (Lipinski definition) is 3. The minimum absolute atomic E-state index is 0.0220. The van der Waals surface area contributed by atoms with E-state index in [-0.39, 0.29) is 10.8 Å². The lowest BCUT2D eigenvalue weighted by molar-refractivity contribution is 0.212. The maximum absolute atomic E-state index is 11.4. The van der Waals surface area contributed by atoms with Crippen molar-refractivity contribution in [1.29, 1.82) is 0 Å². The highest BCUT2D eigenvalue weighted by Gasteiger charge is 2.57. The maximum Gasteiger partial charge on any atom is 0.151 e. The Hall–Kier alpha value is -0.0900. The van der Waals surface area contributed by atoms with Gasteiger partial charge in [-0.05, 0) is 0 Å². The van der Waals surface area contributed by atoms with E-state index in [1.54, 1.807) is 0 Å². The summed E-state index contributed by atoms with van der Waals surface area (Å²) in [6.45, 7) is 5.86. The molecule has 4 heteroatoms. The van der Waals surface area contributed by atoms with Gasteiger partial charge in [0.2, 0.25) is 0 Å². The molecule has 2 aliphatic heterocycles. The van der Waals surface area contributed by atoms with Crippen molar-refractivity contribution in [2.75, 3.05) is 24.6 Å². The average molecular weight is 189 g/mol. The van der Waals surface area contributed by atoms with Gasteiger partial charge >= 0.3 is 0 Å². The first-order chi connectivity index (χ1) is 5.37. The molecule has 2 rings (SSSR count). The fraction of sp³-hybridized carbons (Fsp3) is 1.00. The van der Waals surface area contributed by atoms with Crippen LogP contribution in [0.4, 0.5) is 0 Å². The van der Waals surface area contributed by atoms with Crippen molar-refractivity contribution >= 4 is 9.84 Å². The third kappa shape index (κ3) is 0.941. The van der Waals surface area contributed by atoms with E-state index >= 15 is 0 Å². The first kappa shape index (κ1) is 8.51. The van der Waals surface area contributed by atoms with Crippen molar-refractivity contribution in [3.63, 3.8) is 0 Å². The fourth-order valence-corrected chi connectivity index (χ4v) is 5.46. The molecule has 0 aromatic rings. The van der Waals surface area contributed by atoms with Crippen molar-refractivity contribution in [1.82, 2.24) is 5.32 Å². The van der Waals surface area contributed by atoms with Crippen LogP contribution in [0.1, 0.15) is 13.8 Å². The van der Waals surface area contributed by atoms with Crippen LogP contribution in [0.3, 0.4) is 0 Å². The standard InChI is InChI=1S/C8H15NO2S/c1-7-3-9-4-8(7,2)6-12(10,11)5-7/h9H,3-6H2,1-2H3. The number of fused-ring (bicyclic) bond motifs is 1. The van der Waals surface area contributed by atoms with Crippen molar-refractivity contribution in [3.8, 4) is 0 Å². The van der Waals surface area contributed by atoms with Crippen LogP contribution in [-0.2, 0) is 9.84 Å². The van der Waals surface area contributed by atoms with E-state index in [4.69, 9.17) is 0 Å². The fourth-order valence-electron chi connectivity index (χ4n) is 2.51.